The molecule has 2 heterocycles. The summed E-state index contributed by atoms with van der Waals surface area (Å²) in [5.41, 5.74) is 2.83. The van der Waals surface area contributed by atoms with E-state index in [0.29, 0.717) is 21.8 Å². The summed E-state index contributed by atoms with van der Waals surface area (Å²) >= 11 is 1.10. The summed E-state index contributed by atoms with van der Waals surface area (Å²) in [6, 6.07) is 13.7. The lowest BCUT2D eigenvalue weighted by Gasteiger charge is -2.12. The highest BCUT2D eigenvalue weighted by atomic mass is 32.1. The van der Waals surface area contributed by atoms with Crippen LogP contribution in [-0.4, -0.2) is 41.8 Å². The van der Waals surface area contributed by atoms with Crippen LogP contribution in [0.2, 0.25) is 0 Å². The van der Waals surface area contributed by atoms with E-state index in [1.165, 1.54) is 6.07 Å². The molecule has 0 spiro atoms. The van der Waals surface area contributed by atoms with Crippen LogP contribution in [-0.2, 0) is 16.1 Å². The van der Waals surface area contributed by atoms with Crippen molar-refractivity contribution in [1.82, 2.24) is 4.90 Å². The monoisotopic (exact) mass is 492 g/mol. The molecule has 0 saturated carbocycles. The Morgan fingerprint density at radius 3 is 2.34 bits per heavy atom. The normalized spacial score (nSPS) is 12.5. The number of nitrogens with one attached hydrogen (secondary N) is 1. The topological polar surface area (TPSA) is 102 Å². The number of rotatable bonds is 8. The molecule has 2 aromatic carbocycles. The summed E-state index contributed by atoms with van der Waals surface area (Å²) in [5, 5.41) is 2.97. The predicted molar refractivity (Wildman–Crippen MR) is 131 cm³/mol. The standard InChI is InChI=1S/C26H24N2O6S/c1-4-33-26(32)20-12-17(13-28-24(30)18-9-5-6-10-19(18)25(28)31)35-23(20)27-22(29)14-34-21-11-7-8-15(2)16(21)3/h5-12H,4,13-14H2,1-3H3,(H,27,29). The summed E-state index contributed by atoms with van der Waals surface area (Å²) in [7, 11) is 0. The molecule has 0 saturated heterocycles. The third kappa shape index (κ3) is 4.95. The maximum atomic E-state index is 12.7. The maximum Gasteiger partial charge on any atom is 0.341 e. The Hall–Kier alpha value is -3.98. The van der Waals surface area contributed by atoms with Gasteiger partial charge < -0.3 is 14.8 Å². The number of hydrogen-bond donors (Lipinski definition) is 1. The number of esters is 1. The molecule has 9 heteroatoms. The van der Waals surface area contributed by atoms with Crippen LogP contribution in [0.25, 0.3) is 0 Å². The van der Waals surface area contributed by atoms with Crippen LogP contribution in [0.3, 0.4) is 0 Å². The first-order valence-corrected chi connectivity index (χ1v) is 11.9. The number of aryl methyl sites for hydroxylation is 1. The van der Waals surface area contributed by atoms with Crippen molar-refractivity contribution in [2.45, 2.75) is 27.3 Å². The quantitative estimate of drug-likeness (QED) is 0.370. The van der Waals surface area contributed by atoms with E-state index in [1.54, 1.807) is 37.3 Å². The molecule has 1 aliphatic rings. The Labute approximate surface area is 206 Å². The lowest BCUT2D eigenvalue weighted by Crippen LogP contribution is -2.28. The van der Waals surface area contributed by atoms with Crippen molar-refractivity contribution in [2.24, 2.45) is 0 Å². The van der Waals surface area contributed by atoms with Crippen molar-refractivity contribution < 1.29 is 28.7 Å². The Balaban J connectivity index is 1.51. The summed E-state index contributed by atoms with van der Waals surface area (Å²) in [6.45, 7) is 5.42. The van der Waals surface area contributed by atoms with E-state index in [-0.39, 0.29) is 30.3 Å². The van der Waals surface area contributed by atoms with Crippen LogP contribution in [0.1, 0.15) is 54.0 Å². The predicted octanol–water partition coefficient (Wildman–Crippen LogP) is 4.36. The second-order valence-electron chi connectivity index (χ2n) is 7.95. The molecule has 0 bridgehead atoms. The fourth-order valence-electron chi connectivity index (χ4n) is 3.70. The van der Waals surface area contributed by atoms with E-state index < -0.39 is 23.7 Å². The highest BCUT2D eigenvalue weighted by Gasteiger charge is 2.35. The molecule has 1 aliphatic heterocycles. The van der Waals surface area contributed by atoms with Gasteiger partial charge in [-0.3, -0.25) is 19.3 Å². The molecule has 1 aromatic heterocycles. The highest BCUT2D eigenvalue weighted by Crippen LogP contribution is 2.32. The first-order valence-electron chi connectivity index (χ1n) is 11.0. The molecule has 0 atom stereocenters. The molecule has 1 N–H and O–H groups in total. The maximum absolute atomic E-state index is 12.7. The van der Waals surface area contributed by atoms with Crippen LogP contribution >= 0.6 is 11.3 Å². The second kappa shape index (κ2) is 10.1. The van der Waals surface area contributed by atoms with Crippen LogP contribution in [0.5, 0.6) is 5.75 Å². The Kier molecular flexibility index (Phi) is 6.97. The largest absolute Gasteiger partial charge is 0.483 e. The van der Waals surface area contributed by atoms with E-state index in [2.05, 4.69) is 5.32 Å². The van der Waals surface area contributed by atoms with Gasteiger partial charge in [0.15, 0.2) is 6.61 Å². The number of hydrogen-bond acceptors (Lipinski definition) is 7. The number of thiophene rings is 1. The summed E-state index contributed by atoms with van der Waals surface area (Å²) in [6.07, 6.45) is 0. The van der Waals surface area contributed by atoms with Crippen LogP contribution in [0, 0.1) is 13.8 Å². The van der Waals surface area contributed by atoms with Gasteiger partial charge in [0.1, 0.15) is 10.8 Å². The SMILES string of the molecule is CCOC(=O)c1cc(CN2C(=O)c3ccccc3C2=O)sc1NC(=O)COc1cccc(C)c1C. The average Bonchev–Trinajstić information content (AvgIpc) is 3.34. The number of benzene rings is 2. The van der Waals surface area contributed by atoms with Crippen molar-refractivity contribution in [3.05, 3.63) is 81.2 Å². The number of anilines is 1. The van der Waals surface area contributed by atoms with Crippen molar-refractivity contribution in [3.63, 3.8) is 0 Å². The summed E-state index contributed by atoms with van der Waals surface area (Å²) in [4.78, 5) is 52.3. The molecule has 0 fully saturated rings. The molecular weight excluding hydrogens is 468 g/mol. The van der Waals surface area contributed by atoms with Gasteiger partial charge in [0.2, 0.25) is 0 Å². The van der Waals surface area contributed by atoms with Gasteiger partial charge in [-0.15, -0.1) is 11.3 Å². The number of nitrogens with zero attached hydrogens (tertiary/aromatic N) is 1. The molecule has 8 nitrogen and oxygen atoms in total. The number of fused-ring (bicyclic) bond motifs is 1. The van der Waals surface area contributed by atoms with Gasteiger partial charge in [0.25, 0.3) is 17.7 Å². The summed E-state index contributed by atoms with van der Waals surface area (Å²) in [5.74, 6) is -1.26. The van der Waals surface area contributed by atoms with E-state index in [0.717, 1.165) is 27.4 Å². The van der Waals surface area contributed by atoms with Crippen molar-refractivity contribution in [1.29, 1.82) is 0 Å². The van der Waals surface area contributed by atoms with Gasteiger partial charge in [-0.05, 0) is 56.2 Å². The number of amides is 3. The van der Waals surface area contributed by atoms with Gasteiger partial charge >= 0.3 is 5.97 Å². The van der Waals surface area contributed by atoms with E-state index in [4.69, 9.17) is 9.47 Å². The highest BCUT2D eigenvalue weighted by molar-refractivity contribution is 7.16. The zero-order valence-corrected chi connectivity index (χ0v) is 20.4. The molecule has 3 amide bonds. The first kappa shape index (κ1) is 24.2. The van der Waals surface area contributed by atoms with Crippen molar-refractivity contribution in [2.75, 3.05) is 18.5 Å². The number of imide groups is 1. The van der Waals surface area contributed by atoms with E-state index >= 15 is 0 Å². The first-order chi connectivity index (χ1) is 16.8. The zero-order valence-electron chi connectivity index (χ0n) is 19.5. The minimum Gasteiger partial charge on any atom is -0.483 e. The third-order valence-electron chi connectivity index (χ3n) is 5.64. The van der Waals surface area contributed by atoms with Crippen molar-refractivity contribution in [3.8, 4) is 5.75 Å². The molecule has 180 valence electrons. The smallest absolute Gasteiger partial charge is 0.341 e. The Morgan fingerprint density at radius 1 is 1.00 bits per heavy atom. The number of carbonyl (C=O) groups is 4. The van der Waals surface area contributed by atoms with Crippen LogP contribution < -0.4 is 10.1 Å². The fourth-order valence-corrected chi connectivity index (χ4v) is 4.75. The summed E-state index contributed by atoms with van der Waals surface area (Å²) < 4.78 is 10.8. The molecule has 4 rings (SSSR count). The number of ether oxygens (including phenoxy) is 2. The minimum absolute atomic E-state index is 0.0295. The lowest BCUT2D eigenvalue weighted by atomic mass is 10.1. The van der Waals surface area contributed by atoms with E-state index in [9.17, 15) is 19.2 Å². The minimum atomic E-state index is -0.608. The van der Waals surface area contributed by atoms with Gasteiger partial charge in [-0.1, -0.05) is 24.3 Å². The molecule has 0 unspecified atom stereocenters. The van der Waals surface area contributed by atoms with Gasteiger partial charge in [0.05, 0.1) is 29.8 Å². The van der Waals surface area contributed by atoms with Crippen LogP contribution in [0.4, 0.5) is 5.00 Å². The number of carbonyl (C=O) groups excluding carboxylic acids is 4. The molecule has 3 aromatic rings. The lowest BCUT2D eigenvalue weighted by molar-refractivity contribution is -0.118. The Bertz CT molecular complexity index is 1290. The van der Waals surface area contributed by atoms with Gasteiger partial charge in [-0.2, -0.15) is 0 Å². The average molecular weight is 493 g/mol. The van der Waals surface area contributed by atoms with Crippen molar-refractivity contribution >= 4 is 40.0 Å². The van der Waals surface area contributed by atoms with Crippen LogP contribution in [0.15, 0.2) is 48.5 Å². The second-order valence-corrected chi connectivity index (χ2v) is 9.09. The Morgan fingerprint density at radius 2 is 1.69 bits per heavy atom. The van der Waals surface area contributed by atoms with Gasteiger partial charge in [-0.25, -0.2) is 4.79 Å². The van der Waals surface area contributed by atoms with Gasteiger partial charge in [0, 0.05) is 4.88 Å². The third-order valence-corrected chi connectivity index (χ3v) is 6.67. The molecule has 0 radical (unpaired) electrons. The van der Waals surface area contributed by atoms with E-state index in [1.807, 2.05) is 26.0 Å². The fraction of sp³-hybridized carbons (Fsp3) is 0.231. The molecular formula is C26H24N2O6S. The molecule has 0 aliphatic carbocycles. The molecule has 35 heavy (non-hydrogen) atoms. The zero-order chi connectivity index (χ0) is 25.1.